The summed E-state index contributed by atoms with van der Waals surface area (Å²) in [4.78, 5) is 19.9. The monoisotopic (exact) mass is 469 g/mol. The number of carbonyl (C=O) groups excluding carboxylic acids is 1. The van der Waals surface area contributed by atoms with Gasteiger partial charge in [-0.25, -0.2) is 13.6 Å². The molecule has 0 N–H and O–H groups in total. The Hall–Kier alpha value is -3.25. The average molecular weight is 470 g/mol. The molecule has 0 bridgehead atoms. The number of pyridine rings is 1. The Kier molecular flexibility index (Phi) is 5.06. The predicted octanol–water partition coefficient (Wildman–Crippen LogP) is 4.11. The lowest BCUT2D eigenvalue weighted by molar-refractivity contribution is 0.0551. The Bertz CT molecular complexity index is 1440. The maximum absolute atomic E-state index is 13.9. The first-order chi connectivity index (χ1) is 14.5. The third-order valence-electron chi connectivity index (χ3n) is 4.11. The van der Waals surface area contributed by atoms with Crippen LogP contribution in [0.3, 0.4) is 0 Å². The van der Waals surface area contributed by atoms with E-state index in [0.29, 0.717) is 0 Å². The van der Waals surface area contributed by atoms with Crippen LogP contribution in [0.2, 0.25) is 0 Å². The highest BCUT2D eigenvalue weighted by Gasteiger charge is 2.35. The lowest BCUT2D eigenvalue weighted by atomic mass is 10.2. The largest absolute Gasteiger partial charge is 0.400 e. The van der Waals surface area contributed by atoms with Gasteiger partial charge in [0.25, 0.3) is 0 Å². The predicted molar refractivity (Wildman–Crippen MR) is 104 cm³/mol. The third kappa shape index (κ3) is 4.16. The molecule has 3 heterocycles. The molecule has 160 valence electrons. The van der Waals surface area contributed by atoms with E-state index < -0.39 is 32.7 Å². The van der Waals surface area contributed by atoms with Gasteiger partial charge in [0.05, 0.1) is 14.6 Å². The molecule has 8 nitrogen and oxygen atoms in total. The minimum absolute atomic E-state index is 0.149. The van der Waals surface area contributed by atoms with Gasteiger partial charge in [-0.2, -0.15) is 18.1 Å². The number of fused-ring (bicyclic) bond motifs is 1. The minimum atomic E-state index is -3.81. The fourth-order valence-electron chi connectivity index (χ4n) is 2.69. The van der Waals surface area contributed by atoms with E-state index in [-0.39, 0.29) is 27.6 Å². The smallest absolute Gasteiger partial charge is 0.331 e. The third-order valence-corrected chi connectivity index (χ3v) is 5.93. The van der Waals surface area contributed by atoms with Gasteiger partial charge in [-0.15, -0.1) is 0 Å². The zero-order valence-corrected chi connectivity index (χ0v) is 17.1. The fraction of sp³-hybridized carbons (Fsp3) is 0.111. The fourth-order valence-corrected chi connectivity index (χ4v) is 4.03. The molecule has 13 heteroatoms. The first kappa shape index (κ1) is 21.0. The summed E-state index contributed by atoms with van der Waals surface area (Å²) in [6.45, 7) is 0. The summed E-state index contributed by atoms with van der Waals surface area (Å²) in [6.07, 6.45) is 3.96. The Morgan fingerprint density at radius 2 is 2.00 bits per heavy atom. The maximum Gasteiger partial charge on any atom is 0.400 e. The average Bonchev–Trinajstić information content (AvgIpc) is 3.34. The van der Waals surface area contributed by atoms with E-state index in [4.69, 9.17) is 11.6 Å². The lowest BCUT2D eigenvalue weighted by Gasteiger charge is -2.04. The molecular formula is C18H11ClF3N5O3S. The summed E-state index contributed by atoms with van der Waals surface area (Å²) < 4.78 is 62.4. The van der Waals surface area contributed by atoms with Gasteiger partial charge in [0.1, 0.15) is 17.2 Å². The molecule has 0 spiro atoms. The number of aromatic nitrogens is 4. The van der Waals surface area contributed by atoms with Crippen LogP contribution in [0.25, 0.3) is 17.0 Å². The maximum atomic E-state index is 13.9. The molecular weight excluding hydrogens is 459 g/mol. The molecule has 1 aromatic carbocycles. The summed E-state index contributed by atoms with van der Waals surface area (Å²) in [7, 11) is -3.35. The summed E-state index contributed by atoms with van der Waals surface area (Å²) >= 11 is 4.86. The van der Waals surface area contributed by atoms with Crippen LogP contribution in [0.4, 0.5) is 13.2 Å². The summed E-state index contributed by atoms with van der Waals surface area (Å²) in [5.74, 6) is -2.87. The molecule has 0 aliphatic heterocycles. The van der Waals surface area contributed by atoms with Crippen LogP contribution in [0.5, 0.6) is 0 Å². The Morgan fingerprint density at radius 3 is 2.68 bits per heavy atom. The number of nitrogens with zero attached hydrogens (tertiary/aromatic N) is 5. The van der Waals surface area contributed by atoms with Crippen molar-refractivity contribution in [3.63, 3.8) is 0 Å². The highest BCUT2D eigenvalue weighted by atomic mass is 35.5. The van der Waals surface area contributed by atoms with Gasteiger partial charge < -0.3 is 8.92 Å². The zero-order valence-electron chi connectivity index (χ0n) is 15.5. The van der Waals surface area contributed by atoms with E-state index in [2.05, 4.69) is 24.0 Å². The van der Waals surface area contributed by atoms with Crippen LogP contribution in [0.1, 0.15) is 16.4 Å². The van der Waals surface area contributed by atoms with Gasteiger partial charge in [0.15, 0.2) is 0 Å². The molecule has 1 unspecified atom stereocenters. The first-order valence-electron chi connectivity index (χ1n) is 8.46. The van der Waals surface area contributed by atoms with E-state index >= 15 is 0 Å². The molecule has 4 rings (SSSR count). The molecule has 0 fully saturated rings. The van der Waals surface area contributed by atoms with Crippen LogP contribution in [0.15, 0.2) is 62.6 Å². The number of rotatable bonds is 4. The molecule has 0 saturated carbocycles. The number of benzene rings is 1. The van der Waals surface area contributed by atoms with Crippen molar-refractivity contribution in [2.75, 3.05) is 6.26 Å². The van der Waals surface area contributed by atoms with Crippen molar-refractivity contribution in [1.29, 1.82) is 0 Å². The van der Waals surface area contributed by atoms with Crippen LogP contribution in [-0.4, -0.2) is 35.9 Å². The second kappa shape index (κ2) is 7.46. The van der Waals surface area contributed by atoms with Gasteiger partial charge >= 0.3 is 17.2 Å². The second-order valence-electron chi connectivity index (χ2n) is 6.36. The zero-order chi connectivity index (χ0) is 22.4. The SMILES string of the molecule is CS(=O)(=NC(=O)c1cn2ccc(-c3noc(C(F)(F)Cl)n3)cc2n1)c1ccccc1F. The molecule has 3 aromatic heterocycles. The Balaban J connectivity index is 1.68. The van der Waals surface area contributed by atoms with Crippen molar-refractivity contribution in [2.24, 2.45) is 4.36 Å². The molecule has 0 aliphatic carbocycles. The van der Waals surface area contributed by atoms with Crippen molar-refractivity contribution >= 4 is 32.9 Å². The van der Waals surface area contributed by atoms with Gasteiger partial charge in [-0.3, -0.25) is 4.79 Å². The molecule has 0 radical (unpaired) electrons. The van der Waals surface area contributed by atoms with Crippen molar-refractivity contribution in [2.45, 2.75) is 10.3 Å². The molecule has 1 amide bonds. The van der Waals surface area contributed by atoms with E-state index in [1.165, 1.54) is 47.1 Å². The summed E-state index contributed by atoms with van der Waals surface area (Å²) in [5, 5.41) is -0.365. The number of alkyl halides is 3. The van der Waals surface area contributed by atoms with Gasteiger partial charge in [0, 0.05) is 24.2 Å². The quantitative estimate of drug-likeness (QED) is 0.417. The molecule has 31 heavy (non-hydrogen) atoms. The molecule has 4 aromatic rings. The van der Waals surface area contributed by atoms with Crippen LogP contribution >= 0.6 is 11.6 Å². The van der Waals surface area contributed by atoms with Crippen LogP contribution in [0, 0.1) is 5.82 Å². The number of hydrogen-bond acceptors (Lipinski definition) is 6. The molecule has 1 atom stereocenters. The van der Waals surface area contributed by atoms with Crippen LogP contribution < -0.4 is 0 Å². The second-order valence-corrected chi connectivity index (χ2v) is 9.06. The Morgan fingerprint density at radius 1 is 1.26 bits per heavy atom. The van der Waals surface area contributed by atoms with E-state index in [0.717, 1.165) is 12.3 Å². The number of imidazole rings is 1. The lowest BCUT2D eigenvalue weighted by Crippen LogP contribution is -2.06. The number of hydrogen-bond donors (Lipinski definition) is 0. The topological polar surface area (TPSA) is 103 Å². The Labute approximate surface area is 177 Å². The van der Waals surface area contributed by atoms with E-state index in [1.54, 1.807) is 0 Å². The standard InChI is InChI=1S/C18H11ClF3N5O3S/c1-31(29,13-5-3-2-4-11(13)20)26-16(28)12-9-27-7-6-10(8-14(27)23-12)15-24-17(30-25-15)18(19,21)22/h2-9H,1H3. The molecule has 0 saturated heterocycles. The van der Waals surface area contributed by atoms with Crippen molar-refractivity contribution in [3.05, 3.63) is 66.2 Å². The van der Waals surface area contributed by atoms with Gasteiger partial charge in [0.2, 0.25) is 5.82 Å². The highest BCUT2D eigenvalue weighted by molar-refractivity contribution is 7.93. The number of amides is 1. The van der Waals surface area contributed by atoms with Crippen molar-refractivity contribution in [1.82, 2.24) is 19.5 Å². The number of halogens is 4. The summed E-state index contributed by atoms with van der Waals surface area (Å²) in [5.41, 5.74) is 0.355. The van der Waals surface area contributed by atoms with Crippen LogP contribution in [-0.2, 0) is 15.1 Å². The van der Waals surface area contributed by atoms with E-state index in [1.807, 2.05) is 0 Å². The first-order valence-corrected chi connectivity index (χ1v) is 10.8. The van der Waals surface area contributed by atoms with Gasteiger partial charge in [-0.05, 0) is 35.9 Å². The summed E-state index contributed by atoms with van der Waals surface area (Å²) in [6, 6.07) is 8.21. The normalized spacial score (nSPS) is 13.8. The van der Waals surface area contributed by atoms with Crippen molar-refractivity contribution in [3.8, 4) is 11.4 Å². The molecule has 0 aliphatic rings. The van der Waals surface area contributed by atoms with Crippen molar-refractivity contribution < 1.29 is 26.7 Å². The van der Waals surface area contributed by atoms with Gasteiger partial charge in [-0.1, -0.05) is 17.3 Å². The van der Waals surface area contributed by atoms with E-state index in [9.17, 15) is 22.2 Å². The number of carbonyl (C=O) groups is 1. The highest BCUT2D eigenvalue weighted by Crippen LogP contribution is 2.32. The minimum Gasteiger partial charge on any atom is -0.331 e.